The molecule has 1 radical (unpaired) electrons. The normalized spacial score (nSPS) is 12.8. The second kappa shape index (κ2) is 5.21. The molecule has 0 nitrogen and oxygen atoms in total. The highest BCUT2D eigenvalue weighted by molar-refractivity contribution is 6.17. The maximum atomic E-state index is 5.70. The zero-order valence-corrected chi connectivity index (χ0v) is 7.93. The lowest BCUT2D eigenvalue weighted by Crippen LogP contribution is -1.97. The Morgan fingerprint density at radius 2 is 1.92 bits per heavy atom. The van der Waals surface area contributed by atoms with Crippen LogP contribution in [0.1, 0.15) is 24.3 Å². The van der Waals surface area contributed by atoms with Crippen LogP contribution in [0.4, 0.5) is 0 Å². The standard InChI is InChI=1S/C11H14Cl/c1-2-10(8-9-12)11-6-4-3-5-7-11/h3-7,10H,1-2,8-9H2. The number of halogens is 1. The van der Waals surface area contributed by atoms with E-state index in [4.69, 9.17) is 11.6 Å². The third-order valence-corrected chi connectivity index (χ3v) is 2.30. The van der Waals surface area contributed by atoms with Crippen LogP contribution in [-0.4, -0.2) is 5.88 Å². The Balaban J connectivity index is 2.66. The van der Waals surface area contributed by atoms with Gasteiger partial charge >= 0.3 is 0 Å². The van der Waals surface area contributed by atoms with E-state index in [1.165, 1.54) is 5.56 Å². The molecule has 0 aromatic heterocycles. The van der Waals surface area contributed by atoms with Crippen LogP contribution in [0.2, 0.25) is 0 Å². The Kier molecular flexibility index (Phi) is 4.16. The van der Waals surface area contributed by atoms with E-state index < -0.39 is 0 Å². The van der Waals surface area contributed by atoms with E-state index in [2.05, 4.69) is 31.2 Å². The number of rotatable bonds is 4. The molecule has 1 heteroatoms. The SMILES string of the molecule is [CH2]CC(CCCl)c1ccccc1. The minimum Gasteiger partial charge on any atom is -0.127 e. The number of hydrogen-bond donors (Lipinski definition) is 0. The van der Waals surface area contributed by atoms with Crippen LogP contribution in [0, 0.1) is 6.92 Å². The van der Waals surface area contributed by atoms with E-state index in [1.807, 2.05) is 6.07 Å². The fraction of sp³-hybridized carbons (Fsp3) is 0.364. The van der Waals surface area contributed by atoms with Gasteiger partial charge < -0.3 is 0 Å². The molecule has 0 aliphatic carbocycles. The van der Waals surface area contributed by atoms with Gasteiger partial charge in [-0.2, -0.15) is 0 Å². The van der Waals surface area contributed by atoms with Gasteiger partial charge in [0, 0.05) is 5.88 Å². The van der Waals surface area contributed by atoms with Crippen molar-refractivity contribution in [2.75, 3.05) is 5.88 Å². The van der Waals surface area contributed by atoms with Crippen molar-refractivity contribution in [2.45, 2.75) is 18.8 Å². The zero-order chi connectivity index (χ0) is 8.81. The fourth-order valence-electron chi connectivity index (χ4n) is 1.33. The predicted molar refractivity (Wildman–Crippen MR) is 54.5 cm³/mol. The molecule has 0 heterocycles. The van der Waals surface area contributed by atoms with E-state index in [9.17, 15) is 0 Å². The van der Waals surface area contributed by atoms with Crippen LogP contribution in [0.25, 0.3) is 0 Å². The summed E-state index contributed by atoms with van der Waals surface area (Å²) in [6, 6.07) is 10.4. The van der Waals surface area contributed by atoms with Gasteiger partial charge in [-0.3, -0.25) is 0 Å². The van der Waals surface area contributed by atoms with E-state index >= 15 is 0 Å². The summed E-state index contributed by atoms with van der Waals surface area (Å²) in [5.41, 5.74) is 1.35. The molecule has 0 aliphatic heterocycles. The lowest BCUT2D eigenvalue weighted by molar-refractivity contribution is 0.676. The van der Waals surface area contributed by atoms with E-state index in [0.29, 0.717) is 5.92 Å². The van der Waals surface area contributed by atoms with E-state index in [0.717, 1.165) is 18.7 Å². The minimum atomic E-state index is 0.531. The number of hydrogen-bond acceptors (Lipinski definition) is 0. The van der Waals surface area contributed by atoms with Crippen molar-refractivity contribution in [2.24, 2.45) is 0 Å². The Morgan fingerprint density at radius 3 is 2.42 bits per heavy atom. The quantitative estimate of drug-likeness (QED) is 0.623. The van der Waals surface area contributed by atoms with Gasteiger partial charge in [-0.25, -0.2) is 0 Å². The molecule has 65 valence electrons. The summed E-state index contributed by atoms with van der Waals surface area (Å²) in [5, 5.41) is 0. The lowest BCUT2D eigenvalue weighted by Gasteiger charge is -2.12. The Labute approximate surface area is 79.6 Å². The first-order chi connectivity index (χ1) is 5.88. The van der Waals surface area contributed by atoms with Crippen molar-refractivity contribution in [3.63, 3.8) is 0 Å². The molecule has 12 heavy (non-hydrogen) atoms. The van der Waals surface area contributed by atoms with Crippen LogP contribution in [0.3, 0.4) is 0 Å². The van der Waals surface area contributed by atoms with Crippen LogP contribution < -0.4 is 0 Å². The van der Waals surface area contributed by atoms with Crippen molar-refractivity contribution in [3.8, 4) is 0 Å². The largest absolute Gasteiger partial charge is 0.127 e. The lowest BCUT2D eigenvalue weighted by atomic mass is 9.94. The van der Waals surface area contributed by atoms with Crippen LogP contribution in [0.15, 0.2) is 30.3 Å². The fourth-order valence-corrected chi connectivity index (χ4v) is 1.60. The molecule has 1 rings (SSSR count). The third kappa shape index (κ3) is 2.53. The van der Waals surface area contributed by atoms with Crippen LogP contribution in [-0.2, 0) is 0 Å². The van der Waals surface area contributed by atoms with Crippen LogP contribution >= 0.6 is 11.6 Å². The molecule has 0 saturated carbocycles. The number of benzene rings is 1. The summed E-state index contributed by atoms with van der Waals surface area (Å²) in [7, 11) is 0. The minimum absolute atomic E-state index is 0.531. The van der Waals surface area contributed by atoms with Gasteiger partial charge in [0.2, 0.25) is 0 Å². The van der Waals surface area contributed by atoms with Gasteiger partial charge in [-0.1, -0.05) is 37.3 Å². The average Bonchev–Trinajstić information content (AvgIpc) is 2.15. The van der Waals surface area contributed by atoms with Gasteiger partial charge in [-0.05, 0) is 24.3 Å². The maximum Gasteiger partial charge on any atom is 0.0229 e. The highest BCUT2D eigenvalue weighted by Crippen LogP contribution is 2.22. The van der Waals surface area contributed by atoms with Crippen molar-refractivity contribution in [1.29, 1.82) is 0 Å². The Bertz CT molecular complexity index is 206. The summed E-state index contributed by atoms with van der Waals surface area (Å²) in [4.78, 5) is 0. The maximum absolute atomic E-state index is 5.70. The topological polar surface area (TPSA) is 0 Å². The summed E-state index contributed by atoms with van der Waals surface area (Å²) in [6.45, 7) is 3.92. The summed E-state index contributed by atoms with van der Waals surface area (Å²) in [6.07, 6.45) is 1.95. The molecule has 0 amide bonds. The Hall–Kier alpha value is -0.490. The van der Waals surface area contributed by atoms with Crippen molar-refractivity contribution >= 4 is 11.6 Å². The average molecular weight is 182 g/mol. The monoisotopic (exact) mass is 181 g/mol. The third-order valence-electron chi connectivity index (χ3n) is 2.08. The molecule has 0 spiro atoms. The molecule has 0 saturated heterocycles. The molecule has 1 unspecified atom stereocenters. The second-order valence-electron chi connectivity index (χ2n) is 2.87. The zero-order valence-electron chi connectivity index (χ0n) is 7.17. The summed E-state index contributed by atoms with van der Waals surface area (Å²) in [5.74, 6) is 1.25. The van der Waals surface area contributed by atoms with Gasteiger partial charge in [0.05, 0.1) is 0 Å². The van der Waals surface area contributed by atoms with Crippen molar-refractivity contribution < 1.29 is 0 Å². The predicted octanol–water partition coefficient (Wildman–Crippen LogP) is 3.62. The van der Waals surface area contributed by atoms with Gasteiger partial charge in [0.1, 0.15) is 0 Å². The van der Waals surface area contributed by atoms with Gasteiger partial charge in [-0.15, -0.1) is 11.6 Å². The number of alkyl halides is 1. The highest BCUT2D eigenvalue weighted by Gasteiger charge is 2.06. The smallest absolute Gasteiger partial charge is 0.0229 e. The molecule has 0 bridgehead atoms. The van der Waals surface area contributed by atoms with Crippen molar-refractivity contribution in [3.05, 3.63) is 42.8 Å². The second-order valence-corrected chi connectivity index (χ2v) is 3.25. The molecular weight excluding hydrogens is 168 g/mol. The molecule has 1 aromatic carbocycles. The van der Waals surface area contributed by atoms with Crippen molar-refractivity contribution in [1.82, 2.24) is 0 Å². The first kappa shape index (κ1) is 9.60. The van der Waals surface area contributed by atoms with Crippen LogP contribution in [0.5, 0.6) is 0 Å². The Morgan fingerprint density at radius 1 is 1.25 bits per heavy atom. The van der Waals surface area contributed by atoms with E-state index in [-0.39, 0.29) is 0 Å². The summed E-state index contributed by atoms with van der Waals surface area (Å²) < 4.78 is 0. The van der Waals surface area contributed by atoms with E-state index in [1.54, 1.807) is 0 Å². The molecular formula is C11H14Cl. The molecule has 0 N–H and O–H groups in total. The van der Waals surface area contributed by atoms with Gasteiger partial charge in [0.15, 0.2) is 0 Å². The molecule has 1 aromatic rings. The molecule has 0 fully saturated rings. The summed E-state index contributed by atoms with van der Waals surface area (Å²) >= 11 is 5.70. The van der Waals surface area contributed by atoms with Gasteiger partial charge in [0.25, 0.3) is 0 Å². The molecule has 0 aliphatic rings. The first-order valence-corrected chi connectivity index (χ1v) is 4.82. The highest BCUT2D eigenvalue weighted by atomic mass is 35.5. The first-order valence-electron chi connectivity index (χ1n) is 4.28. The molecule has 1 atom stereocenters.